The number of nitrogens with zero attached hydrogens (tertiary/aromatic N) is 4. The molecular weight excluding hydrogens is 395 g/mol. The van der Waals surface area contributed by atoms with E-state index in [1.165, 1.54) is 0 Å². The first-order chi connectivity index (χ1) is 10.7. The zero-order valence-electron chi connectivity index (χ0n) is 12.1. The summed E-state index contributed by atoms with van der Waals surface area (Å²) in [5.74, 6) is 0. The summed E-state index contributed by atoms with van der Waals surface area (Å²) in [6.45, 7) is 2.70. The van der Waals surface area contributed by atoms with Gasteiger partial charge in [0.1, 0.15) is 9.96 Å². The zero-order valence-corrected chi connectivity index (χ0v) is 14.3. The van der Waals surface area contributed by atoms with E-state index in [0.717, 1.165) is 57.6 Å². The predicted molar refractivity (Wildman–Crippen MR) is 89.3 cm³/mol. The molecule has 6 nitrogen and oxygen atoms in total. The maximum atomic E-state index is 5.87. The van der Waals surface area contributed by atoms with E-state index in [4.69, 9.17) is 14.2 Å². The number of rotatable bonds is 2. The molecule has 0 aliphatic carbocycles. The van der Waals surface area contributed by atoms with Gasteiger partial charge in [-0.1, -0.05) is 5.16 Å². The highest BCUT2D eigenvalue weighted by Crippen LogP contribution is 2.30. The standard InChI is InChI=1S/C15H15IN4O2/c1-9-11(8-22-19-9)12-6-5-10-14(16)18-20(15(10)17-12)13-4-2-3-7-21-13/h5-6,8,13H,2-4,7H2,1H3. The van der Waals surface area contributed by atoms with Crippen LogP contribution >= 0.6 is 22.6 Å². The fourth-order valence-electron chi connectivity index (χ4n) is 2.79. The van der Waals surface area contributed by atoms with Crippen molar-refractivity contribution in [3.63, 3.8) is 0 Å². The number of hydrogen-bond donors (Lipinski definition) is 0. The summed E-state index contributed by atoms with van der Waals surface area (Å²) in [5.41, 5.74) is 3.45. The lowest BCUT2D eigenvalue weighted by molar-refractivity contribution is -0.0372. The van der Waals surface area contributed by atoms with Gasteiger partial charge in [-0.15, -0.1) is 0 Å². The van der Waals surface area contributed by atoms with E-state index in [-0.39, 0.29) is 6.23 Å². The van der Waals surface area contributed by atoms with Crippen LogP contribution in [0.25, 0.3) is 22.3 Å². The van der Waals surface area contributed by atoms with Crippen LogP contribution in [0.5, 0.6) is 0 Å². The van der Waals surface area contributed by atoms with Gasteiger partial charge in [0.15, 0.2) is 11.9 Å². The second-order valence-corrected chi connectivity index (χ2v) is 6.46. The van der Waals surface area contributed by atoms with Crippen molar-refractivity contribution in [1.82, 2.24) is 19.9 Å². The molecule has 22 heavy (non-hydrogen) atoms. The number of fused-ring (bicyclic) bond motifs is 1. The summed E-state index contributed by atoms with van der Waals surface area (Å²) in [6.07, 6.45) is 4.86. The third-order valence-corrected chi connectivity index (χ3v) is 4.76. The quantitative estimate of drug-likeness (QED) is 0.603. The number of ether oxygens (including phenoxy) is 1. The Morgan fingerprint density at radius 3 is 2.95 bits per heavy atom. The van der Waals surface area contributed by atoms with Crippen LogP contribution in [0.15, 0.2) is 22.9 Å². The van der Waals surface area contributed by atoms with Gasteiger partial charge in [-0.3, -0.25) is 0 Å². The fourth-order valence-corrected chi connectivity index (χ4v) is 3.44. The lowest BCUT2D eigenvalue weighted by Crippen LogP contribution is -2.19. The lowest BCUT2D eigenvalue weighted by Gasteiger charge is -2.23. The Kier molecular flexibility index (Phi) is 3.61. The Morgan fingerprint density at radius 2 is 2.23 bits per heavy atom. The maximum absolute atomic E-state index is 5.87. The second kappa shape index (κ2) is 5.62. The van der Waals surface area contributed by atoms with Gasteiger partial charge in [0, 0.05) is 6.61 Å². The Labute approximate surface area is 141 Å². The van der Waals surface area contributed by atoms with E-state index in [2.05, 4.69) is 38.9 Å². The molecule has 1 unspecified atom stereocenters. The topological polar surface area (TPSA) is 66.0 Å². The average Bonchev–Trinajstić information content (AvgIpc) is 3.12. The number of hydrogen-bond acceptors (Lipinski definition) is 5. The molecule has 0 N–H and O–H groups in total. The Bertz CT molecular complexity index is 820. The van der Waals surface area contributed by atoms with Gasteiger partial charge in [0.05, 0.1) is 22.3 Å². The van der Waals surface area contributed by atoms with Gasteiger partial charge in [0.25, 0.3) is 0 Å². The summed E-state index contributed by atoms with van der Waals surface area (Å²) in [5, 5.41) is 9.61. The average molecular weight is 410 g/mol. The summed E-state index contributed by atoms with van der Waals surface area (Å²) in [4.78, 5) is 4.79. The molecule has 4 heterocycles. The van der Waals surface area contributed by atoms with E-state index in [9.17, 15) is 0 Å². The fraction of sp³-hybridized carbons (Fsp3) is 0.400. The Morgan fingerprint density at radius 1 is 1.32 bits per heavy atom. The van der Waals surface area contributed by atoms with Crippen molar-refractivity contribution in [1.29, 1.82) is 0 Å². The molecule has 3 aromatic heterocycles. The summed E-state index contributed by atoms with van der Waals surface area (Å²) in [7, 11) is 0. The first-order valence-electron chi connectivity index (χ1n) is 7.32. The van der Waals surface area contributed by atoms with Gasteiger partial charge in [-0.2, -0.15) is 5.10 Å². The molecule has 0 spiro atoms. The van der Waals surface area contributed by atoms with Gasteiger partial charge < -0.3 is 9.26 Å². The first kappa shape index (κ1) is 14.1. The van der Waals surface area contributed by atoms with Crippen molar-refractivity contribution in [2.75, 3.05) is 6.61 Å². The second-order valence-electron chi connectivity index (χ2n) is 5.44. The van der Waals surface area contributed by atoms with Crippen LogP contribution in [0.2, 0.25) is 0 Å². The van der Waals surface area contributed by atoms with Crippen molar-refractivity contribution in [2.24, 2.45) is 0 Å². The molecule has 0 amide bonds. The smallest absolute Gasteiger partial charge is 0.162 e. The van der Waals surface area contributed by atoms with E-state index >= 15 is 0 Å². The zero-order chi connectivity index (χ0) is 15.1. The van der Waals surface area contributed by atoms with Crippen molar-refractivity contribution in [3.05, 3.63) is 27.8 Å². The van der Waals surface area contributed by atoms with Crippen LogP contribution in [-0.4, -0.2) is 26.5 Å². The highest BCUT2D eigenvalue weighted by atomic mass is 127. The molecule has 0 saturated carbocycles. The van der Waals surface area contributed by atoms with Gasteiger partial charge in [-0.25, -0.2) is 9.67 Å². The molecule has 1 aliphatic rings. The van der Waals surface area contributed by atoms with E-state index in [1.54, 1.807) is 6.26 Å². The van der Waals surface area contributed by atoms with Crippen LogP contribution in [0.1, 0.15) is 31.2 Å². The third kappa shape index (κ3) is 2.32. The van der Waals surface area contributed by atoms with Gasteiger partial charge in [-0.05, 0) is 60.9 Å². The molecule has 3 aromatic rings. The number of halogens is 1. The van der Waals surface area contributed by atoms with Crippen molar-refractivity contribution in [3.8, 4) is 11.3 Å². The minimum absolute atomic E-state index is 0.0221. The molecule has 0 radical (unpaired) electrons. The maximum Gasteiger partial charge on any atom is 0.162 e. The van der Waals surface area contributed by atoms with Gasteiger partial charge >= 0.3 is 0 Å². The third-order valence-electron chi connectivity index (χ3n) is 3.96. The van der Waals surface area contributed by atoms with Gasteiger partial charge in [0.2, 0.25) is 0 Å². The summed E-state index contributed by atoms with van der Waals surface area (Å²) >= 11 is 2.25. The van der Waals surface area contributed by atoms with Crippen molar-refractivity contribution in [2.45, 2.75) is 32.4 Å². The lowest BCUT2D eigenvalue weighted by atomic mass is 10.1. The number of aryl methyl sites for hydroxylation is 1. The van der Waals surface area contributed by atoms with Crippen molar-refractivity contribution < 1.29 is 9.26 Å². The van der Waals surface area contributed by atoms with Crippen LogP contribution in [-0.2, 0) is 4.74 Å². The minimum Gasteiger partial charge on any atom is -0.364 e. The molecule has 7 heteroatoms. The molecule has 1 atom stereocenters. The van der Waals surface area contributed by atoms with Crippen LogP contribution < -0.4 is 0 Å². The number of pyridine rings is 1. The summed E-state index contributed by atoms with van der Waals surface area (Å²) < 4.78 is 13.8. The van der Waals surface area contributed by atoms with Crippen molar-refractivity contribution >= 4 is 33.6 Å². The molecule has 1 fully saturated rings. The van der Waals surface area contributed by atoms with Crippen LogP contribution in [0, 0.1) is 10.6 Å². The monoisotopic (exact) mass is 410 g/mol. The SMILES string of the molecule is Cc1nocc1-c1ccc2c(I)nn(C3CCCCO3)c2n1. The molecule has 0 aromatic carbocycles. The molecule has 114 valence electrons. The molecule has 1 aliphatic heterocycles. The van der Waals surface area contributed by atoms with Crippen LogP contribution in [0.4, 0.5) is 0 Å². The minimum atomic E-state index is -0.0221. The Hall–Kier alpha value is -1.48. The van der Waals surface area contributed by atoms with Crippen LogP contribution in [0.3, 0.4) is 0 Å². The highest BCUT2D eigenvalue weighted by molar-refractivity contribution is 14.1. The predicted octanol–water partition coefficient (Wildman–Crippen LogP) is 3.70. The van der Waals surface area contributed by atoms with E-state index in [0.29, 0.717) is 0 Å². The Balaban J connectivity index is 1.85. The summed E-state index contributed by atoms with van der Waals surface area (Å²) in [6, 6.07) is 4.04. The van der Waals surface area contributed by atoms with E-state index in [1.807, 2.05) is 17.7 Å². The number of aromatic nitrogens is 4. The molecule has 0 bridgehead atoms. The first-order valence-corrected chi connectivity index (χ1v) is 8.39. The largest absolute Gasteiger partial charge is 0.364 e. The molecule has 4 rings (SSSR count). The molecule has 1 saturated heterocycles. The normalized spacial score (nSPS) is 18.9. The molecular formula is C15H15IN4O2. The van der Waals surface area contributed by atoms with E-state index < -0.39 is 0 Å². The highest BCUT2D eigenvalue weighted by Gasteiger charge is 2.22.